The smallest absolute Gasteiger partial charge is 0.242 e. The second-order valence-corrected chi connectivity index (χ2v) is 5.89. The van der Waals surface area contributed by atoms with Gasteiger partial charge in [-0.05, 0) is 7.05 Å². The van der Waals surface area contributed by atoms with Crippen LogP contribution in [0.3, 0.4) is 0 Å². The molecule has 0 bridgehead atoms. The molecule has 5 heteroatoms. The summed E-state index contributed by atoms with van der Waals surface area (Å²) in [6, 6.07) is 7.72. The van der Waals surface area contributed by atoms with Crippen molar-refractivity contribution in [1.82, 2.24) is 14.4 Å². The fourth-order valence-electron chi connectivity index (χ4n) is 3.04. The average molecular weight is 299 g/mol. The molecule has 22 heavy (non-hydrogen) atoms. The summed E-state index contributed by atoms with van der Waals surface area (Å²) in [6.07, 6.45) is 2.39. The molecule has 0 N–H and O–H groups in total. The lowest BCUT2D eigenvalue weighted by Gasteiger charge is -2.32. The van der Waals surface area contributed by atoms with Crippen molar-refractivity contribution in [2.24, 2.45) is 0 Å². The molecule has 116 valence electrons. The van der Waals surface area contributed by atoms with Gasteiger partial charge >= 0.3 is 0 Å². The SMILES string of the molecule is CN1CCN(CCn2cc3ccccc3c2C(=O)C=O)CC1. The first-order chi connectivity index (χ1) is 10.7. The van der Waals surface area contributed by atoms with Crippen molar-refractivity contribution in [2.45, 2.75) is 6.54 Å². The largest absolute Gasteiger partial charge is 0.342 e. The molecule has 1 aliphatic heterocycles. The highest BCUT2D eigenvalue weighted by atomic mass is 16.2. The standard InChI is InChI=1S/C17H21N3O2/c1-18-6-8-19(9-7-18)10-11-20-12-14-4-2-3-5-15(14)17(20)16(22)13-21/h2-5,12-13H,6-11H2,1H3. The molecule has 1 aliphatic rings. The number of likely N-dealkylation sites (N-methyl/N-ethyl adjacent to an activating group) is 1. The van der Waals surface area contributed by atoms with Gasteiger partial charge in [-0.15, -0.1) is 0 Å². The van der Waals surface area contributed by atoms with E-state index in [2.05, 4.69) is 16.8 Å². The van der Waals surface area contributed by atoms with E-state index in [1.54, 1.807) is 0 Å². The molecule has 5 nitrogen and oxygen atoms in total. The number of Topliss-reactive ketones (excluding diaryl/α,β-unsaturated/α-hetero) is 1. The van der Waals surface area contributed by atoms with Crippen LogP contribution >= 0.6 is 0 Å². The number of piperazine rings is 1. The third-order valence-electron chi connectivity index (χ3n) is 4.39. The Balaban J connectivity index is 1.80. The summed E-state index contributed by atoms with van der Waals surface area (Å²) >= 11 is 0. The lowest BCUT2D eigenvalue weighted by atomic mass is 10.1. The molecule has 1 aromatic carbocycles. The predicted octanol–water partition coefficient (Wildman–Crippen LogP) is 1.27. The van der Waals surface area contributed by atoms with Gasteiger partial charge in [0.1, 0.15) is 5.69 Å². The Hall–Kier alpha value is -1.98. The maximum absolute atomic E-state index is 12.0. The number of carbonyl (C=O) groups excluding carboxylic acids is 2. The van der Waals surface area contributed by atoms with Gasteiger partial charge < -0.3 is 9.47 Å². The molecule has 0 aliphatic carbocycles. The zero-order valence-corrected chi connectivity index (χ0v) is 12.9. The Kier molecular flexibility index (Phi) is 4.36. The Morgan fingerprint density at radius 2 is 1.86 bits per heavy atom. The van der Waals surface area contributed by atoms with Gasteiger partial charge in [0.15, 0.2) is 6.29 Å². The van der Waals surface area contributed by atoms with E-state index in [4.69, 9.17) is 0 Å². The van der Waals surface area contributed by atoms with Gasteiger partial charge in [-0.25, -0.2) is 0 Å². The van der Waals surface area contributed by atoms with Crippen LogP contribution in [-0.4, -0.2) is 66.2 Å². The van der Waals surface area contributed by atoms with Crippen LogP contribution in [0.2, 0.25) is 0 Å². The maximum Gasteiger partial charge on any atom is 0.242 e. The van der Waals surface area contributed by atoms with Crippen molar-refractivity contribution in [3.05, 3.63) is 36.2 Å². The molecule has 3 rings (SSSR count). The number of fused-ring (bicyclic) bond motifs is 1. The average Bonchev–Trinajstić information content (AvgIpc) is 2.92. The van der Waals surface area contributed by atoms with Crippen LogP contribution in [-0.2, 0) is 11.3 Å². The van der Waals surface area contributed by atoms with Crippen LogP contribution in [0.1, 0.15) is 10.5 Å². The summed E-state index contributed by atoms with van der Waals surface area (Å²) < 4.78 is 1.93. The molecule has 1 saturated heterocycles. The minimum Gasteiger partial charge on any atom is -0.342 e. The van der Waals surface area contributed by atoms with E-state index in [-0.39, 0.29) is 0 Å². The number of carbonyl (C=O) groups is 2. The summed E-state index contributed by atoms with van der Waals surface area (Å²) in [7, 11) is 2.14. The van der Waals surface area contributed by atoms with Crippen LogP contribution < -0.4 is 0 Å². The molecule has 0 radical (unpaired) electrons. The number of hydrogen-bond acceptors (Lipinski definition) is 4. The van der Waals surface area contributed by atoms with Crippen molar-refractivity contribution in [1.29, 1.82) is 0 Å². The van der Waals surface area contributed by atoms with Crippen molar-refractivity contribution in [3.8, 4) is 0 Å². The number of benzene rings is 1. The van der Waals surface area contributed by atoms with E-state index in [1.165, 1.54) is 0 Å². The third kappa shape index (κ3) is 2.96. The summed E-state index contributed by atoms with van der Waals surface area (Å²) in [5.74, 6) is -0.445. The monoisotopic (exact) mass is 299 g/mol. The van der Waals surface area contributed by atoms with Gasteiger partial charge in [0.2, 0.25) is 5.78 Å². The first-order valence-corrected chi connectivity index (χ1v) is 7.67. The van der Waals surface area contributed by atoms with Crippen molar-refractivity contribution >= 4 is 22.8 Å². The van der Waals surface area contributed by atoms with Gasteiger partial charge in [0.25, 0.3) is 0 Å². The maximum atomic E-state index is 12.0. The van der Waals surface area contributed by atoms with Gasteiger partial charge in [-0.2, -0.15) is 0 Å². The third-order valence-corrected chi connectivity index (χ3v) is 4.39. The van der Waals surface area contributed by atoms with Crippen molar-refractivity contribution in [2.75, 3.05) is 39.8 Å². The second kappa shape index (κ2) is 6.42. The van der Waals surface area contributed by atoms with Gasteiger partial charge in [0, 0.05) is 56.2 Å². The van der Waals surface area contributed by atoms with E-state index >= 15 is 0 Å². The van der Waals surface area contributed by atoms with Crippen LogP contribution in [0.4, 0.5) is 0 Å². The van der Waals surface area contributed by atoms with E-state index in [9.17, 15) is 9.59 Å². The van der Waals surface area contributed by atoms with E-state index < -0.39 is 5.78 Å². The van der Waals surface area contributed by atoms with Gasteiger partial charge in [-0.1, -0.05) is 24.3 Å². The van der Waals surface area contributed by atoms with Gasteiger partial charge in [-0.3, -0.25) is 14.5 Å². The lowest BCUT2D eigenvalue weighted by molar-refractivity contribution is -0.104. The minimum atomic E-state index is -0.445. The zero-order valence-electron chi connectivity index (χ0n) is 12.9. The minimum absolute atomic E-state index is 0.411. The molecular weight excluding hydrogens is 278 g/mol. The quantitative estimate of drug-likeness (QED) is 0.474. The van der Waals surface area contributed by atoms with E-state index in [1.807, 2.05) is 35.0 Å². The summed E-state index contributed by atoms with van der Waals surface area (Å²) in [5, 5.41) is 1.86. The van der Waals surface area contributed by atoms with Crippen LogP contribution in [0, 0.1) is 0 Å². The number of ketones is 1. The molecule has 2 aromatic rings. The van der Waals surface area contributed by atoms with Crippen LogP contribution in [0.25, 0.3) is 10.8 Å². The Labute approximate surface area is 130 Å². The normalized spacial score (nSPS) is 17.0. The predicted molar refractivity (Wildman–Crippen MR) is 86.3 cm³/mol. The summed E-state index contributed by atoms with van der Waals surface area (Å²) in [6.45, 7) is 5.88. The van der Waals surface area contributed by atoms with E-state index in [0.29, 0.717) is 12.0 Å². The highest BCUT2D eigenvalue weighted by Gasteiger charge is 2.18. The lowest BCUT2D eigenvalue weighted by Crippen LogP contribution is -2.45. The fraction of sp³-hybridized carbons (Fsp3) is 0.412. The molecule has 1 fully saturated rings. The molecule has 0 saturated carbocycles. The first kappa shape index (κ1) is 14.9. The summed E-state index contributed by atoms with van der Waals surface area (Å²) in [5.41, 5.74) is 0.514. The van der Waals surface area contributed by atoms with Crippen molar-refractivity contribution < 1.29 is 9.59 Å². The van der Waals surface area contributed by atoms with E-state index in [0.717, 1.165) is 50.0 Å². The van der Waals surface area contributed by atoms with Crippen molar-refractivity contribution in [3.63, 3.8) is 0 Å². The number of nitrogens with zero attached hydrogens (tertiary/aromatic N) is 3. The zero-order chi connectivity index (χ0) is 15.5. The van der Waals surface area contributed by atoms with Crippen LogP contribution in [0.5, 0.6) is 0 Å². The number of hydrogen-bond donors (Lipinski definition) is 0. The molecule has 0 spiro atoms. The first-order valence-electron chi connectivity index (χ1n) is 7.67. The molecule has 0 unspecified atom stereocenters. The second-order valence-electron chi connectivity index (χ2n) is 5.89. The summed E-state index contributed by atoms with van der Waals surface area (Å²) in [4.78, 5) is 27.7. The van der Waals surface area contributed by atoms with Crippen LogP contribution in [0.15, 0.2) is 30.5 Å². The van der Waals surface area contributed by atoms with Gasteiger partial charge in [0.05, 0.1) is 0 Å². The molecule has 1 aromatic heterocycles. The highest BCUT2D eigenvalue weighted by molar-refractivity contribution is 6.35. The Morgan fingerprint density at radius 3 is 2.59 bits per heavy atom. The topological polar surface area (TPSA) is 45.5 Å². The fourth-order valence-corrected chi connectivity index (χ4v) is 3.04. The number of aldehydes is 1. The Bertz CT molecular complexity index is 684. The molecule has 0 amide bonds. The number of aromatic nitrogens is 1. The molecule has 0 atom stereocenters. The number of rotatable bonds is 5. The Morgan fingerprint density at radius 1 is 1.14 bits per heavy atom. The molecular formula is C17H21N3O2. The molecule has 2 heterocycles. The highest BCUT2D eigenvalue weighted by Crippen LogP contribution is 2.21.